The number of halogens is 1. The SMILES string of the molecule is Oc1cccc2scc(I)c12. The minimum atomic E-state index is 0.383. The Hall–Kier alpha value is -0.290. The first kappa shape index (κ1) is 7.36. The second kappa shape index (κ2) is 2.64. The van der Waals surface area contributed by atoms with Crippen molar-refractivity contribution in [3.63, 3.8) is 0 Å². The van der Waals surface area contributed by atoms with E-state index in [4.69, 9.17) is 0 Å². The van der Waals surface area contributed by atoms with E-state index in [1.165, 1.54) is 0 Å². The van der Waals surface area contributed by atoms with E-state index in [-0.39, 0.29) is 0 Å². The van der Waals surface area contributed by atoms with Crippen molar-refractivity contribution in [2.24, 2.45) is 0 Å². The molecule has 1 nitrogen and oxygen atoms in total. The molecule has 0 unspecified atom stereocenters. The van der Waals surface area contributed by atoms with Gasteiger partial charge in [0.15, 0.2) is 0 Å². The van der Waals surface area contributed by atoms with Gasteiger partial charge in [0.2, 0.25) is 0 Å². The Bertz CT molecular complexity index is 394. The summed E-state index contributed by atoms with van der Waals surface area (Å²) in [4.78, 5) is 0. The van der Waals surface area contributed by atoms with Gasteiger partial charge in [0.05, 0.1) is 0 Å². The molecule has 0 bridgehead atoms. The highest BCUT2D eigenvalue weighted by Gasteiger charge is 2.04. The van der Waals surface area contributed by atoms with Crippen molar-refractivity contribution in [2.75, 3.05) is 0 Å². The number of thiophene rings is 1. The molecule has 0 atom stereocenters. The van der Waals surface area contributed by atoms with Crippen LogP contribution in [0.5, 0.6) is 5.75 Å². The van der Waals surface area contributed by atoms with Crippen molar-refractivity contribution in [1.29, 1.82) is 0 Å². The van der Waals surface area contributed by atoms with E-state index in [9.17, 15) is 5.11 Å². The molecule has 3 heteroatoms. The molecule has 0 aliphatic carbocycles. The molecule has 0 radical (unpaired) electrons. The molecular weight excluding hydrogens is 271 g/mol. The van der Waals surface area contributed by atoms with Gasteiger partial charge in [0.1, 0.15) is 5.75 Å². The average Bonchev–Trinajstić information content (AvgIpc) is 2.34. The van der Waals surface area contributed by atoms with Gasteiger partial charge in [0.25, 0.3) is 0 Å². The Morgan fingerprint density at radius 1 is 1.36 bits per heavy atom. The summed E-state index contributed by atoms with van der Waals surface area (Å²) in [5, 5.41) is 12.5. The Balaban J connectivity index is 2.96. The molecule has 1 aromatic heterocycles. The van der Waals surface area contributed by atoms with Crippen LogP contribution < -0.4 is 0 Å². The zero-order valence-electron chi connectivity index (χ0n) is 5.54. The average molecular weight is 276 g/mol. The predicted molar refractivity (Wildman–Crippen MR) is 56.2 cm³/mol. The zero-order chi connectivity index (χ0) is 7.84. The first-order chi connectivity index (χ1) is 5.29. The van der Waals surface area contributed by atoms with E-state index in [1.807, 2.05) is 17.5 Å². The summed E-state index contributed by atoms with van der Waals surface area (Å²) in [6.07, 6.45) is 0. The molecule has 0 fully saturated rings. The first-order valence-electron chi connectivity index (χ1n) is 3.14. The maximum atomic E-state index is 9.44. The van der Waals surface area contributed by atoms with Gasteiger partial charge in [-0.3, -0.25) is 0 Å². The Morgan fingerprint density at radius 3 is 2.91 bits per heavy atom. The maximum Gasteiger partial charge on any atom is 0.125 e. The van der Waals surface area contributed by atoms with Crippen molar-refractivity contribution in [3.8, 4) is 5.75 Å². The lowest BCUT2D eigenvalue weighted by atomic mass is 10.2. The number of hydrogen-bond donors (Lipinski definition) is 1. The van der Waals surface area contributed by atoms with Crippen LogP contribution in [0.1, 0.15) is 0 Å². The van der Waals surface area contributed by atoms with E-state index in [1.54, 1.807) is 17.4 Å². The second-order valence-electron chi connectivity index (χ2n) is 2.23. The monoisotopic (exact) mass is 276 g/mol. The number of hydrogen-bond acceptors (Lipinski definition) is 2. The number of benzene rings is 1. The van der Waals surface area contributed by atoms with Crippen LogP contribution in [0.4, 0.5) is 0 Å². The number of phenols is 1. The van der Waals surface area contributed by atoms with Gasteiger partial charge in [-0.25, -0.2) is 0 Å². The highest BCUT2D eigenvalue weighted by atomic mass is 127. The van der Waals surface area contributed by atoms with E-state index in [0.29, 0.717) is 5.75 Å². The molecule has 2 aromatic rings. The van der Waals surface area contributed by atoms with Crippen molar-refractivity contribution in [2.45, 2.75) is 0 Å². The van der Waals surface area contributed by atoms with Crippen molar-refractivity contribution >= 4 is 44.0 Å². The molecule has 1 heterocycles. The lowest BCUT2D eigenvalue weighted by Crippen LogP contribution is -1.67. The normalized spacial score (nSPS) is 10.6. The molecule has 0 saturated heterocycles. The summed E-state index contributed by atoms with van der Waals surface area (Å²) in [5.74, 6) is 0.383. The van der Waals surface area contributed by atoms with Gasteiger partial charge >= 0.3 is 0 Å². The summed E-state index contributed by atoms with van der Waals surface area (Å²) < 4.78 is 2.27. The number of rotatable bonds is 0. The van der Waals surface area contributed by atoms with Gasteiger partial charge in [-0.15, -0.1) is 11.3 Å². The fraction of sp³-hybridized carbons (Fsp3) is 0. The zero-order valence-corrected chi connectivity index (χ0v) is 8.52. The molecule has 0 spiro atoms. The minimum Gasteiger partial charge on any atom is -0.507 e. The standard InChI is InChI=1S/C8H5IOS/c9-5-4-11-7-3-1-2-6(10)8(5)7/h1-4,10H. The van der Waals surface area contributed by atoms with Crippen molar-refractivity contribution in [1.82, 2.24) is 0 Å². The van der Waals surface area contributed by atoms with Gasteiger partial charge in [-0.1, -0.05) is 6.07 Å². The molecule has 11 heavy (non-hydrogen) atoms. The summed E-state index contributed by atoms with van der Waals surface area (Å²) in [6.45, 7) is 0. The molecule has 0 saturated carbocycles. The van der Waals surface area contributed by atoms with Crippen molar-refractivity contribution < 1.29 is 5.11 Å². The molecule has 2 rings (SSSR count). The summed E-state index contributed by atoms with van der Waals surface area (Å²) in [6, 6.07) is 5.60. The fourth-order valence-corrected chi connectivity index (χ4v) is 3.00. The summed E-state index contributed by atoms with van der Waals surface area (Å²) in [5.41, 5.74) is 0. The fourth-order valence-electron chi connectivity index (χ4n) is 1.03. The first-order valence-corrected chi connectivity index (χ1v) is 5.09. The van der Waals surface area contributed by atoms with Gasteiger partial charge < -0.3 is 5.11 Å². The predicted octanol–water partition coefficient (Wildman–Crippen LogP) is 3.21. The third-order valence-electron chi connectivity index (χ3n) is 1.53. The summed E-state index contributed by atoms with van der Waals surface area (Å²) in [7, 11) is 0. The molecule has 0 aliphatic heterocycles. The van der Waals surface area contributed by atoms with Crippen molar-refractivity contribution in [3.05, 3.63) is 27.1 Å². The maximum absolute atomic E-state index is 9.44. The van der Waals surface area contributed by atoms with E-state index in [0.717, 1.165) is 13.7 Å². The van der Waals surface area contributed by atoms with Gasteiger partial charge in [-0.2, -0.15) is 0 Å². The number of phenolic OH excluding ortho intramolecular Hbond substituents is 1. The highest BCUT2D eigenvalue weighted by Crippen LogP contribution is 2.33. The Morgan fingerprint density at radius 2 is 2.18 bits per heavy atom. The van der Waals surface area contributed by atoms with E-state index in [2.05, 4.69) is 22.6 Å². The van der Waals surface area contributed by atoms with Crippen LogP contribution in [-0.2, 0) is 0 Å². The van der Waals surface area contributed by atoms with Crippen LogP contribution >= 0.6 is 33.9 Å². The van der Waals surface area contributed by atoms with Crippen LogP contribution in [0.3, 0.4) is 0 Å². The quantitative estimate of drug-likeness (QED) is 0.732. The molecule has 56 valence electrons. The number of fused-ring (bicyclic) bond motifs is 1. The van der Waals surface area contributed by atoms with Gasteiger partial charge in [0, 0.05) is 19.0 Å². The lowest BCUT2D eigenvalue weighted by molar-refractivity contribution is 0.481. The topological polar surface area (TPSA) is 20.2 Å². The lowest BCUT2D eigenvalue weighted by Gasteiger charge is -1.93. The summed E-state index contributed by atoms with van der Waals surface area (Å²) >= 11 is 3.89. The smallest absolute Gasteiger partial charge is 0.125 e. The Labute approximate surface area is 81.8 Å². The van der Waals surface area contributed by atoms with Crippen LogP contribution in [0.25, 0.3) is 10.1 Å². The van der Waals surface area contributed by atoms with Gasteiger partial charge in [-0.05, 0) is 34.7 Å². The van der Waals surface area contributed by atoms with Crippen LogP contribution in [0, 0.1) is 3.57 Å². The molecule has 0 aliphatic rings. The van der Waals surface area contributed by atoms with Crippen LogP contribution in [-0.4, -0.2) is 5.11 Å². The Kier molecular flexibility index (Phi) is 1.77. The van der Waals surface area contributed by atoms with Crippen LogP contribution in [0.15, 0.2) is 23.6 Å². The number of aromatic hydroxyl groups is 1. The molecule has 0 amide bonds. The largest absolute Gasteiger partial charge is 0.507 e. The molecular formula is C8H5IOS. The minimum absolute atomic E-state index is 0.383. The molecule has 1 N–H and O–H groups in total. The van der Waals surface area contributed by atoms with E-state index >= 15 is 0 Å². The molecule has 1 aromatic carbocycles. The third kappa shape index (κ3) is 1.12. The van der Waals surface area contributed by atoms with E-state index < -0.39 is 0 Å². The second-order valence-corrected chi connectivity index (χ2v) is 4.31. The third-order valence-corrected chi connectivity index (χ3v) is 3.75. The van der Waals surface area contributed by atoms with Crippen LogP contribution in [0.2, 0.25) is 0 Å². The highest BCUT2D eigenvalue weighted by molar-refractivity contribution is 14.1.